The number of nitrogens with zero attached hydrogens (tertiary/aromatic N) is 3. The first-order valence-electron chi connectivity index (χ1n) is 10.9. The molecule has 2 aromatic rings. The summed E-state index contributed by atoms with van der Waals surface area (Å²) in [6.45, 7) is 4.51. The molecule has 0 spiro atoms. The normalized spacial score (nSPS) is 16.3. The van der Waals surface area contributed by atoms with E-state index in [-0.39, 0.29) is 11.8 Å². The zero-order valence-corrected chi connectivity index (χ0v) is 19.2. The number of carbonyl (C=O) groups excluding carboxylic acids is 2. The Kier molecular flexibility index (Phi) is 7.25. The van der Waals surface area contributed by atoms with Crippen LogP contribution in [0.1, 0.15) is 18.4 Å². The number of hydrogen-bond acceptors (Lipinski definition) is 4. The average molecular weight is 486 g/mol. The van der Waals surface area contributed by atoms with E-state index >= 15 is 0 Å². The summed E-state index contributed by atoms with van der Waals surface area (Å²) in [5, 5.41) is 0. The van der Waals surface area contributed by atoms with Gasteiger partial charge in [-0.2, -0.15) is 0 Å². The number of anilines is 1. The van der Waals surface area contributed by atoms with Crippen LogP contribution in [0.25, 0.3) is 0 Å². The average Bonchev–Trinajstić information content (AvgIpc) is 3.22. The standard InChI is InChI=1S/C24H28BrN3O3/c25-20-7-2-4-9-22(20)31-17-5-10-23(29)27-15-13-26(14-16-27)18-24(30)28-12-11-19-6-1-3-8-21(19)28/h1-4,6-9H,5,10-18H2. The minimum atomic E-state index is 0.147. The van der Waals surface area contributed by atoms with E-state index in [9.17, 15) is 9.59 Å². The van der Waals surface area contributed by atoms with Crippen molar-refractivity contribution in [3.05, 3.63) is 58.6 Å². The Balaban J connectivity index is 1.16. The van der Waals surface area contributed by atoms with Crippen LogP contribution in [0.5, 0.6) is 5.75 Å². The van der Waals surface area contributed by atoms with E-state index in [0.29, 0.717) is 39.1 Å². The molecule has 1 saturated heterocycles. The molecule has 0 unspecified atom stereocenters. The van der Waals surface area contributed by atoms with Crippen molar-refractivity contribution in [3.63, 3.8) is 0 Å². The number of ether oxygens (including phenoxy) is 1. The second-order valence-corrected chi connectivity index (χ2v) is 8.82. The van der Waals surface area contributed by atoms with Gasteiger partial charge in [0.1, 0.15) is 5.75 Å². The van der Waals surface area contributed by atoms with Crippen LogP contribution >= 0.6 is 15.9 Å². The van der Waals surface area contributed by atoms with E-state index in [0.717, 1.165) is 42.0 Å². The van der Waals surface area contributed by atoms with Gasteiger partial charge in [0.25, 0.3) is 0 Å². The largest absolute Gasteiger partial charge is 0.492 e. The highest BCUT2D eigenvalue weighted by Crippen LogP contribution is 2.27. The van der Waals surface area contributed by atoms with Gasteiger partial charge in [0.05, 0.1) is 17.6 Å². The first kappa shape index (κ1) is 21.8. The lowest BCUT2D eigenvalue weighted by Crippen LogP contribution is -2.51. The zero-order valence-electron chi connectivity index (χ0n) is 17.6. The van der Waals surface area contributed by atoms with Crippen molar-refractivity contribution in [2.45, 2.75) is 19.3 Å². The number of amides is 2. The minimum Gasteiger partial charge on any atom is -0.492 e. The second-order valence-electron chi connectivity index (χ2n) is 7.96. The van der Waals surface area contributed by atoms with Gasteiger partial charge < -0.3 is 14.5 Å². The van der Waals surface area contributed by atoms with Gasteiger partial charge in [0.2, 0.25) is 11.8 Å². The third-order valence-corrected chi connectivity index (χ3v) is 6.56. The minimum absolute atomic E-state index is 0.147. The molecule has 0 saturated carbocycles. The summed E-state index contributed by atoms with van der Waals surface area (Å²) >= 11 is 3.46. The van der Waals surface area contributed by atoms with Crippen molar-refractivity contribution in [2.75, 3.05) is 50.8 Å². The maximum absolute atomic E-state index is 12.8. The fourth-order valence-electron chi connectivity index (χ4n) is 4.15. The van der Waals surface area contributed by atoms with Gasteiger partial charge >= 0.3 is 0 Å². The Labute approximate surface area is 191 Å². The molecule has 2 aliphatic rings. The van der Waals surface area contributed by atoms with Crippen molar-refractivity contribution in [1.82, 2.24) is 9.80 Å². The van der Waals surface area contributed by atoms with Crippen LogP contribution in [0, 0.1) is 0 Å². The fourth-order valence-corrected chi connectivity index (χ4v) is 4.55. The first-order valence-corrected chi connectivity index (χ1v) is 11.7. The second kappa shape index (κ2) is 10.3. The Hall–Kier alpha value is -2.38. The third-order valence-electron chi connectivity index (χ3n) is 5.90. The highest BCUT2D eigenvalue weighted by Gasteiger charge is 2.27. The molecule has 6 nitrogen and oxygen atoms in total. The van der Waals surface area contributed by atoms with Gasteiger partial charge in [0, 0.05) is 44.8 Å². The number of hydrogen-bond donors (Lipinski definition) is 0. The van der Waals surface area contributed by atoms with Crippen LogP contribution in [-0.4, -0.2) is 67.5 Å². The number of benzene rings is 2. The van der Waals surface area contributed by atoms with Crippen molar-refractivity contribution in [2.24, 2.45) is 0 Å². The molecule has 0 atom stereocenters. The molecule has 7 heteroatoms. The summed E-state index contributed by atoms with van der Waals surface area (Å²) in [7, 11) is 0. The van der Waals surface area contributed by atoms with E-state index in [1.807, 2.05) is 52.3 Å². The molecule has 31 heavy (non-hydrogen) atoms. The fraction of sp³-hybridized carbons (Fsp3) is 0.417. The van der Waals surface area contributed by atoms with Gasteiger partial charge in [0.15, 0.2) is 0 Å². The van der Waals surface area contributed by atoms with Crippen LogP contribution < -0.4 is 9.64 Å². The lowest BCUT2D eigenvalue weighted by atomic mass is 10.2. The Morgan fingerprint density at radius 1 is 0.903 bits per heavy atom. The number of fused-ring (bicyclic) bond motifs is 1. The molecule has 0 aliphatic carbocycles. The zero-order chi connectivity index (χ0) is 21.6. The molecular weight excluding hydrogens is 458 g/mol. The Morgan fingerprint density at radius 2 is 1.65 bits per heavy atom. The summed E-state index contributed by atoms with van der Waals surface area (Å²) in [5.74, 6) is 1.11. The maximum Gasteiger partial charge on any atom is 0.241 e. The van der Waals surface area contributed by atoms with Gasteiger partial charge in [-0.25, -0.2) is 0 Å². The Bertz CT molecular complexity index is 928. The molecule has 0 bridgehead atoms. The third kappa shape index (κ3) is 5.46. The molecule has 0 N–H and O–H groups in total. The number of piperazine rings is 1. The monoisotopic (exact) mass is 485 g/mol. The predicted molar refractivity (Wildman–Crippen MR) is 124 cm³/mol. The number of rotatable bonds is 7. The van der Waals surface area contributed by atoms with E-state index in [1.165, 1.54) is 5.56 Å². The van der Waals surface area contributed by atoms with E-state index < -0.39 is 0 Å². The van der Waals surface area contributed by atoms with Crippen molar-refractivity contribution in [3.8, 4) is 5.75 Å². The summed E-state index contributed by atoms with van der Waals surface area (Å²) in [5.41, 5.74) is 2.29. The molecule has 0 aromatic heterocycles. The lowest BCUT2D eigenvalue weighted by Gasteiger charge is -2.35. The van der Waals surface area contributed by atoms with Crippen LogP contribution in [0.2, 0.25) is 0 Å². The molecule has 0 radical (unpaired) electrons. The summed E-state index contributed by atoms with van der Waals surface area (Å²) in [6.07, 6.45) is 2.09. The number of carbonyl (C=O) groups is 2. The van der Waals surface area contributed by atoms with Gasteiger partial charge in [-0.3, -0.25) is 14.5 Å². The molecule has 164 valence electrons. The smallest absolute Gasteiger partial charge is 0.241 e. The number of halogens is 1. The van der Waals surface area contributed by atoms with Crippen molar-refractivity contribution >= 4 is 33.4 Å². The topological polar surface area (TPSA) is 53.1 Å². The molecule has 2 aliphatic heterocycles. The van der Waals surface area contributed by atoms with Gasteiger partial charge in [-0.15, -0.1) is 0 Å². The van der Waals surface area contributed by atoms with Crippen molar-refractivity contribution < 1.29 is 14.3 Å². The predicted octanol–water partition coefficient (Wildman–Crippen LogP) is 3.34. The Morgan fingerprint density at radius 3 is 2.45 bits per heavy atom. The maximum atomic E-state index is 12.8. The van der Waals surface area contributed by atoms with Crippen LogP contribution in [0.4, 0.5) is 5.69 Å². The molecular formula is C24H28BrN3O3. The van der Waals surface area contributed by atoms with Gasteiger partial charge in [-0.1, -0.05) is 30.3 Å². The van der Waals surface area contributed by atoms with Crippen molar-refractivity contribution in [1.29, 1.82) is 0 Å². The van der Waals surface area contributed by atoms with Crippen LogP contribution in [0.15, 0.2) is 53.0 Å². The van der Waals surface area contributed by atoms with E-state index in [1.54, 1.807) is 0 Å². The van der Waals surface area contributed by atoms with Crippen LogP contribution in [-0.2, 0) is 16.0 Å². The molecule has 4 rings (SSSR count). The molecule has 1 fully saturated rings. The summed E-state index contributed by atoms with van der Waals surface area (Å²) in [4.78, 5) is 31.3. The summed E-state index contributed by atoms with van der Waals surface area (Å²) < 4.78 is 6.66. The summed E-state index contributed by atoms with van der Waals surface area (Å²) in [6, 6.07) is 15.8. The van der Waals surface area contributed by atoms with Crippen LogP contribution in [0.3, 0.4) is 0 Å². The lowest BCUT2D eigenvalue weighted by molar-refractivity contribution is -0.133. The highest BCUT2D eigenvalue weighted by atomic mass is 79.9. The van der Waals surface area contributed by atoms with Gasteiger partial charge in [-0.05, 0) is 52.5 Å². The number of para-hydroxylation sites is 2. The quantitative estimate of drug-likeness (QED) is 0.564. The molecule has 2 aromatic carbocycles. The molecule has 2 amide bonds. The SMILES string of the molecule is O=C(CCCOc1ccccc1Br)N1CCN(CC(=O)N2CCc3ccccc32)CC1. The first-order chi connectivity index (χ1) is 15.1. The highest BCUT2D eigenvalue weighted by molar-refractivity contribution is 9.10. The van der Waals surface area contributed by atoms with E-state index in [4.69, 9.17) is 4.74 Å². The van der Waals surface area contributed by atoms with E-state index in [2.05, 4.69) is 26.9 Å². The molecule has 2 heterocycles.